The third-order valence-electron chi connectivity index (χ3n) is 4.06. The number of amides is 1. The van der Waals surface area contributed by atoms with Gasteiger partial charge in [0.05, 0.1) is 6.42 Å². The Hall–Kier alpha value is -1.77. The highest BCUT2D eigenvalue weighted by Gasteiger charge is 2.27. The minimum Gasteiger partial charge on any atom is -0.310 e. The van der Waals surface area contributed by atoms with E-state index in [2.05, 4.69) is 10.3 Å². The van der Waals surface area contributed by atoms with Gasteiger partial charge in [-0.2, -0.15) is 4.31 Å². The van der Waals surface area contributed by atoms with Gasteiger partial charge in [-0.1, -0.05) is 6.42 Å². The number of hydrogen-bond acceptors (Lipinski definition) is 5. The largest absolute Gasteiger partial charge is 0.310 e. The second-order valence-electron chi connectivity index (χ2n) is 6.13. The number of anilines is 1. The maximum absolute atomic E-state index is 12.6. The van der Waals surface area contributed by atoms with Crippen molar-refractivity contribution >= 4 is 33.1 Å². The third-order valence-corrected chi connectivity index (χ3v) is 7.52. The quantitative estimate of drug-likeness (QED) is 0.866. The zero-order valence-electron chi connectivity index (χ0n) is 14.1. The Morgan fingerprint density at radius 3 is 2.72 bits per heavy atom. The molecule has 1 amide bonds. The number of hydrogen-bond donors (Lipinski definition) is 1. The zero-order valence-corrected chi connectivity index (χ0v) is 15.7. The summed E-state index contributed by atoms with van der Waals surface area (Å²) < 4.78 is 27.1. The van der Waals surface area contributed by atoms with Crippen LogP contribution in [-0.2, 0) is 21.2 Å². The molecule has 1 N–H and O–H groups in total. The van der Waals surface area contributed by atoms with Crippen molar-refractivity contribution in [1.82, 2.24) is 9.29 Å². The molecule has 0 unspecified atom stereocenters. The normalized spacial score (nSPS) is 15.9. The number of nitrogens with one attached hydrogen (secondary N) is 1. The highest BCUT2D eigenvalue weighted by Crippen LogP contribution is 2.27. The Kier molecular flexibility index (Phi) is 5.51. The molecule has 1 aliphatic heterocycles. The third kappa shape index (κ3) is 4.45. The molecule has 8 heteroatoms. The van der Waals surface area contributed by atoms with E-state index in [4.69, 9.17) is 0 Å². The van der Waals surface area contributed by atoms with Gasteiger partial charge in [0, 0.05) is 24.2 Å². The van der Waals surface area contributed by atoms with Gasteiger partial charge in [-0.25, -0.2) is 13.4 Å². The molecule has 25 heavy (non-hydrogen) atoms. The Bertz CT molecular complexity index is 856. The first-order chi connectivity index (χ1) is 11.9. The molecular formula is C17H21N3O3S2. The van der Waals surface area contributed by atoms with Crippen molar-refractivity contribution in [3.63, 3.8) is 0 Å². The summed E-state index contributed by atoms with van der Waals surface area (Å²) >= 11 is 1.16. The summed E-state index contributed by atoms with van der Waals surface area (Å²) in [5.41, 5.74) is 1.01. The van der Waals surface area contributed by atoms with Crippen molar-refractivity contribution in [2.75, 3.05) is 18.4 Å². The maximum atomic E-state index is 12.6. The number of thiophene rings is 1. The van der Waals surface area contributed by atoms with Crippen LogP contribution >= 0.6 is 11.3 Å². The average Bonchev–Trinajstić information content (AvgIpc) is 3.05. The van der Waals surface area contributed by atoms with Gasteiger partial charge in [-0.15, -0.1) is 11.3 Å². The van der Waals surface area contributed by atoms with Gasteiger partial charge in [0.25, 0.3) is 10.0 Å². The lowest BCUT2D eigenvalue weighted by molar-refractivity contribution is -0.115. The summed E-state index contributed by atoms with van der Waals surface area (Å²) in [6.07, 6.45) is 4.66. The minimum atomic E-state index is -3.43. The van der Waals surface area contributed by atoms with Crippen LogP contribution < -0.4 is 5.32 Å². The first kappa shape index (κ1) is 18.0. The van der Waals surface area contributed by atoms with Gasteiger partial charge in [0.2, 0.25) is 5.91 Å². The van der Waals surface area contributed by atoms with Crippen LogP contribution in [0.5, 0.6) is 0 Å². The van der Waals surface area contributed by atoms with E-state index in [1.807, 2.05) is 13.0 Å². The molecule has 0 aliphatic carbocycles. The number of carbonyl (C=O) groups is 1. The Labute approximate surface area is 151 Å². The van der Waals surface area contributed by atoms with Gasteiger partial charge in [0.15, 0.2) is 0 Å². The highest BCUT2D eigenvalue weighted by atomic mass is 32.2. The molecule has 2 aromatic rings. The van der Waals surface area contributed by atoms with E-state index in [0.717, 1.165) is 41.0 Å². The molecule has 6 nitrogen and oxygen atoms in total. The van der Waals surface area contributed by atoms with Crippen LogP contribution in [0.1, 0.15) is 29.7 Å². The van der Waals surface area contributed by atoms with Crippen molar-refractivity contribution in [3.05, 3.63) is 40.9 Å². The number of carbonyl (C=O) groups excluding carboxylic acids is 1. The van der Waals surface area contributed by atoms with Crippen LogP contribution in [0, 0.1) is 6.92 Å². The van der Waals surface area contributed by atoms with E-state index in [1.165, 1.54) is 0 Å². The summed E-state index contributed by atoms with van der Waals surface area (Å²) in [5.74, 6) is 0.296. The van der Waals surface area contributed by atoms with E-state index < -0.39 is 10.0 Å². The van der Waals surface area contributed by atoms with Crippen molar-refractivity contribution in [1.29, 1.82) is 0 Å². The standard InChI is InChI=1S/C17H21N3O3S2/c1-13-7-8-18-15(11-13)19-16(21)12-14-5-6-17(24-14)25(22,23)20-9-3-2-4-10-20/h5-8,11H,2-4,9-10,12H2,1H3,(H,18,19,21). The summed E-state index contributed by atoms with van der Waals surface area (Å²) in [6, 6.07) is 6.96. The first-order valence-corrected chi connectivity index (χ1v) is 10.5. The lowest BCUT2D eigenvalue weighted by Gasteiger charge is -2.25. The second kappa shape index (κ2) is 7.63. The second-order valence-corrected chi connectivity index (χ2v) is 9.46. The summed E-state index contributed by atoms with van der Waals surface area (Å²) in [6.45, 7) is 3.08. The van der Waals surface area contributed by atoms with Crippen molar-refractivity contribution in [2.45, 2.75) is 36.8 Å². The van der Waals surface area contributed by atoms with Crippen molar-refractivity contribution < 1.29 is 13.2 Å². The number of piperidine rings is 1. The van der Waals surface area contributed by atoms with Crippen LogP contribution in [0.25, 0.3) is 0 Å². The predicted molar refractivity (Wildman–Crippen MR) is 98.2 cm³/mol. The van der Waals surface area contributed by atoms with Gasteiger partial charge in [0.1, 0.15) is 10.0 Å². The number of rotatable bonds is 5. The van der Waals surface area contributed by atoms with Crippen LogP contribution in [0.3, 0.4) is 0 Å². The molecule has 0 radical (unpaired) electrons. The molecule has 2 aromatic heterocycles. The van der Waals surface area contributed by atoms with Crippen LogP contribution in [-0.4, -0.2) is 36.7 Å². The fourth-order valence-electron chi connectivity index (χ4n) is 2.77. The van der Waals surface area contributed by atoms with E-state index in [0.29, 0.717) is 23.1 Å². The molecule has 0 bridgehead atoms. The van der Waals surface area contributed by atoms with Crippen LogP contribution in [0.2, 0.25) is 0 Å². The lowest BCUT2D eigenvalue weighted by atomic mass is 10.2. The fourth-order valence-corrected chi connectivity index (χ4v) is 5.80. The first-order valence-electron chi connectivity index (χ1n) is 8.26. The van der Waals surface area contributed by atoms with Crippen LogP contribution in [0.4, 0.5) is 5.82 Å². The van der Waals surface area contributed by atoms with Crippen LogP contribution in [0.15, 0.2) is 34.7 Å². The van der Waals surface area contributed by atoms with Gasteiger partial charge in [-0.3, -0.25) is 4.79 Å². The van der Waals surface area contributed by atoms with Crippen molar-refractivity contribution in [2.24, 2.45) is 0 Å². The van der Waals surface area contributed by atoms with E-state index >= 15 is 0 Å². The smallest absolute Gasteiger partial charge is 0.252 e. The summed E-state index contributed by atoms with van der Waals surface area (Å²) in [5, 5.41) is 2.74. The molecule has 0 atom stereocenters. The lowest BCUT2D eigenvalue weighted by Crippen LogP contribution is -2.35. The van der Waals surface area contributed by atoms with E-state index in [1.54, 1.807) is 28.7 Å². The Balaban J connectivity index is 1.66. The molecule has 1 saturated heterocycles. The van der Waals surface area contributed by atoms with Gasteiger partial charge >= 0.3 is 0 Å². The number of nitrogens with zero attached hydrogens (tertiary/aromatic N) is 2. The number of pyridine rings is 1. The molecule has 1 aliphatic rings. The molecule has 0 spiro atoms. The monoisotopic (exact) mass is 379 g/mol. The number of sulfonamides is 1. The average molecular weight is 380 g/mol. The highest BCUT2D eigenvalue weighted by molar-refractivity contribution is 7.91. The molecular weight excluding hydrogens is 358 g/mol. The maximum Gasteiger partial charge on any atom is 0.252 e. The topological polar surface area (TPSA) is 79.4 Å². The van der Waals surface area contributed by atoms with E-state index in [9.17, 15) is 13.2 Å². The molecule has 0 aromatic carbocycles. The number of aromatic nitrogens is 1. The molecule has 1 fully saturated rings. The SMILES string of the molecule is Cc1ccnc(NC(=O)Cc2ccc(S(=O)(=O)N3CCCCC3)s2)c1. The summed E-state index contributed by atoms with van der Waals surface area (Å²) in [4.78, 5) is 17.0. The minimum absolute atomic E-state index is 0.135. The molecule has 3 heterocycles. The Morgan fingerprint density at radius 1 is 1.24 bits per heavy atom. The predicted octanol–water partition coefficient (Wildman–Crippen LogP) is 2.81. The Morgan fingerprint density at radius 2 is 2.00 bits per heavy atom. The fraction of sp³-hybridized carbons (Fsp3) is 0.412. The van der Waals surface area contributed by atoms with Gasteiger partial charge < -0.3 is 5.32 Å². The number of aryl methyl sites for hydroxylation is 1. The van der Waals surface area contributed by atoms with E-state index in [-0.39, 0.29) is 12.3 Å². The molecule has 0 saturated carbocycles. The molecule has 3 rings (SSSR count). The summed E-state index contributed by atoms with van der Waals surface area (Å²) in [7, 11) is -3.43. The molecule has 134 valence electrons. The van der Waals surface area contributed by atoms with Gasteiger partial charge in [-0.05, 0) is 49.6 Å². The zero-order chi connectivity index (χ0) is 17.9. The van der Waals surface area contributed by atoms with Crippen molar-refractivity contribution in [3.8, 4) is 0 Å².